The van der Waals surface area contributed by atoms with E-state index in [0.717, 1.165) is 37.9 Å². The largest absolute Gasteiger partial charge is 0.489 e. The Morgan fingerprint density at radius 2 is 1.86 bits per heavy atom. The van der Waals surface area contributed by atoms with Crippen molar-refractivity contribution in [1.29, 1.82) is 0 Å². The topological polar surface area (TPSA) is 29.5 Å². The third-order valence-electron chi connectivity index (χ3n) is 9.55. The molecule has 0 spiro atoms. The van der Waals surface area contributed by atoms with Crippen LogP contribution in [-0.4, -0.2) is 36.9 Å². The summed E-state index contributed by atoms with van der Waals surface area (Å²) in [5.74, 6) is 3.74. The summed E-state index contributed by atoms with van der Waals surface area (Å²) in [6.07, 6.45) is 12.5. The SMILES string of the molecule is CCN(CC)CCOC1=CCC2CC[C@H]3[C@@H]4CCC[C@@]4(C)CC[C@@H]3[C@@]2(C)C1=O. The smallest absolute Gasteiger partial charge is 0.203 e. The van der Waals surface area contributed by atoms with Gasteiger partial charge in [-0.1, -0.05) is 34.1 Å². The zero-order valence-electron chi connectivity index (χ0n) is 18.6. The van der Waals surface area contributed by atoms with Crippen LogP contribution in [0.5, 0.6) is 0 Å². The lowest BCUT2D eigenvalue weighted by Crippen LogP contribution is -2.55. The van der Waals surface area contributed by atoms with E-state index in [9.17, 15) is 4.79 Å². The van der Waals surface area contributed by atoms with Gasteiger partial charge < -0.3 is 9.64 Å². The van der Waals surface area contributed by atoms with Gasteiger partial charge in [-0.05, 0) is 93.2 Å². The Hall–Kier alpha value is -0.830. The number of ketones is 1. The van der Waals surface area contributed by atoms with Crippen LogP contribution in [-0.2, 0) is 9.53 Å². The van der Waals surface area contributed by atoms with E-state index in [1.54, 1.807) is 0 Å². The van der Waals surface area contributed by atoms with Gasteiger partial charge in [-0.3, -0.25) is 4.79 Å². The van der Waals surface area contributed by atoms with E-state index in [0.29, 0.717) is 35.4 Å². The Kier molecular flexibility index (Phi) is 5.68. The summed E-state index contributed by atoms with van der Waals surface area (Å²) in [5.41, 5.74) is 0.368. The van der Waals surface area contributed by atoms with E-state index in [1.165, 1.54) is 44.9 Å². The Labute approximate surface area is 172 Å². The number of carbonyl (C=O) groups excluding carboxylic acids is 1. The predicted molar refractivity (Wildman–Crippen MR) is 114 cm³/mol. The van der Waals surface area contributed by atoms with Crippen LogP contribution in [0.15, 0.2) is 11.8 Å². The minimum absolute atomic E-state index is 0.188. The van der Waals surface area contributed by atoms with E-state index < -0.39 is 0 Å². The average Bonchev–Trinajstić information content (AvgIpc) is 3.09. The molecule has 3 fully saturated rings. The number of hydrogen-bond acceptors (Lipinski definition) is 3. The summed E-state index contributed by atoms with van der Waals surface area (Å²) in [4.78, 5) is 16.1. The highest BCUT2D eigenvalue weighted by atomic mass is 16.5. The molecular weight excluding hydrogens is 346 g/mol. The Balaban J connectivity index is 1.49. The molecule has 4 aliphatic carbocycles. The summed E-state index contributed by atoms with van der Waals surface area (Å²) >= 11 is 0. The molecule has 0 N–H and O–H groups in total. The zero-order valence-corrected chi connectivity index (χ0v) is 18.6. The van der Waals surface area contributed by atoms with Crippen LogP contribution in [0.1, 0.15) is 79.1 Å². The highest BCUT2D eigenvalue weighted by molar-refractivity contribution is 5.99. The molecule has 4 aliphatic rings. The van der Waals surface area contributed by atoms with Gasteiger partial charge in [-0.2, -0.15) is 0 Å². The average molecular weight is 388 g/mol. The first-order valence-corrected chi connectivity index (χ1v) is 12.0. The molecule has 28 heavy (non-hydrogen) atoms. The van der Waals surface area contributed by atoms with E-state index in [2.05, 4.69) is 38.7 Å². The van der Waals surface area contributed by atoms with Crippen molar-refractivity contribution >= 4 is 5.78 Å². The molecule has 0 aromatic heterocycles. The standard InChI is InChI=1S/C25H41NO2/c1-5-26(6-2)16-17-28-22-12-10-18-9-11-19-20-8-7-14-24(20,3)15-13-21(19)25(18,4)23(22)27/h12,18-21H,5-11,13-17H2,1-4H3/t18?,19-,20-,21-,24-,25-/m0/s1. The zero-order chi connectivity index (χ0) is 19.9. The minimum atomic E-state index is -0.188. The van der Waals surface area contributed by atoms with Gasteiger partial charge in [0.1, 0.15) is 6.61 Å². The summed E-state index contributed by atoms with van der Waals surface area (Å²) in [5, 5.41) is 0. The van der Waals surface area contributed by atoms with Crippen molar-refractivity contribution < 1.29 is 9.53 Å². The Bertz CT molecular complexity index is 624. The summed E-state index contributed by atoms with van der Waals surface area (Å²) in [6.45, 7) is 12.8. The lowest BCUT2D eigenvalue weighted by Gasteiger charge is -2.58. The third kappa shape index (κ3) is 3.16. The van der Waals surface area contributed by atoms with Crippen LogP contribution in [0, 0.1) is 34.5 Å². The van der Waals surface area contributed by atoms with Crippen molar-refractivity contribution in [3.05, 3.63) is 11.8 Å². The number of ether oxygens (including phenoxy) is 1. The number of allylic oxidation sites excluding steroid dienone is 2. The second kappa shape index (κ2) is 7.78. The molecule has 3 nitrogen and oxygen atoms in total. The van der Waals surface area contributed by atoms with Gasteiger partial charge in [0.2, 0.25) is 5.78 Å². The van der Waals surface area contributed by atoms with Crippen LogP contribution in [0.2, 0.25) is 0 Å². The molecule has 158 valence electrons. The van der Waals surface area contributed by atoms with Crippen molar-refractivity contribution in [1.82, 2.24) is 4.90 Å². The van der Waals surface area contributed by atoms with Crippen molar-refractivity contribution in [2.45, 2.75) is 79.1 Å². The van der Waals surface area contributed by atoms with Gasteiger partial charge in [0, 0.05) is 12.0 Å². The highest BCUT2D eigenvalue weighted by Gasteiger charge is 2.60. The first kappa shape index (κ1) is 20.4. The Morgan fingerprint density at radius 1 is 1.07 bits per heavy atom. The summed E-state index contributed by atoms with van der Waals surface area (Å²) in [7, 11) is 0. The maximum absolute atomic E-state index is 13.7. The molecule has 1 unspecified atom stereocenters. The maximum atomic E-state index is 13.7. The fourth-order valence-electron chi connectivity index (χ4n) is 7.70. The number of carbonyl (C=O) groups is 1. The van der Waals surface area contributed by atoms with Crippen LogP contribution in [0.3, 0.4) is 0 Å². The van der Waals surface area contributed by atoms with E-state index >= 15 is 0 Å². The lowest BCUT2D eigenvalue weighted by molar-refractivity contribution is -0.150. The summed E-state index contributed by atoms with van der Waals surface area (Å²) in [6, 6.07) is 0. The molecule has 0 aromatic carbocycles. The predicted octanol–water partition coefficient (Wildman–Crippen LogP) is 5.45. The first-order valence-electron chi connectivity index (χ1n) is 12.0. The van der Waals surface area contributed by atoms with Gasteiger partial charge in [0.15, 0.2) is 5.76 Å². The van der Waals surface area contributed by atoms with Gasteiger partial charge in [0.05, 0.1) is 0 Å². The fraction of sp³-hybridized carbons (Fsp3) is 0.880. The lowest BCUT2D eigenvalue weighted by atomic mass is 9.45. The molecule has 6 atom stereocenters. The van der Waals surface area contributed by atoms with Crippen LogP contribution in [0.4, 0.5) is 0 Å². The van der Waals surface area contributed by atoms with E-state index in [-0.39, 0.29) is 5.41 Å². The molecule has 0 radical (unpaired) electrons. The molecule has 0 saturated heterocycles. The van der Waals surface area contributed by atoms with Crippen molar-refractivity contribution in [3.8, 4) is 0 Å². The molecule has 0 aromatic rings. The molecule has 0 heterocycles. The van der Waals surface area contributed by atoms with Gasteiger partial charge in [-0.25, -0.2) is 0 Å². The number of hydrogen-bond donors (Lipinski definition) is 0. The fourth-order valence-corrected chi connectivity index (χ4v) is 7.70. The number of likely N-dealkylation sites (N-methyl/N-ethyl adjacent to an activating group) is 1. The van der Waals surface area contributed by atoms with Crippen molar-refractivity contribution in [2.24, 2.45) is 34.5 Å². The second-order valence-corrected chi connectivity index (χ2v) is 10.5. The summed E-state index contributed by atoms with van der Waals surface area (Å²) < 4.78 is 6.10. The second-order valence-electron chi connectivity index (χ2n) is 10.5. The van der Waals surface area contributed by atoms with E-state index in [4.69, 9.17) is 4.74 Å². The molecule has 0 aliphatic heterocycles. The van der Waals surface area contributed by atoms with E-state index in [1.807, 2.05) is 0 Å². The van der Waals surface area contributed by atoms with Gasteiger partial charge in [0.25, 0.3) is 0 Å². The van der Waals surface area contributed by atoms with Crippen molar-refractivity contribution in [3.63, 3.8) is 0 Å². The van der Waals surface area contributed by atoms with Crippen LogP contribution in [0.25, 0.3) is 0 Å². The number of fused-ring (bicyclic) bond motifs is 5. The minimum Gasteiger partial charge on any atom is -0.489 e. The third-order valence-corrected chi connectivity index (χ3v) is 9.55. The van der Waals surface area contributed by atoms with Crippen LogP contribution >= 0.6 is 0 Å². The molecule has 3 heteroatoms. The molecule has 0 bridgehead atoms. The van der Waals surface area contributed by atoms with Gasteiger partial charge >= 0.3 is 0 Å². The number of nitrogens with zero attached hydrogens (tertiary/aromatic N) is 1. The number of rotatable bonds is 6. The number of Topliss-reactive ketones (excluding diaryl/α,β-unsaturated/α-hetero) is 1. The maximum Gasteiger partial charge on any atom is 0.203 e. The highest BCUT2D eigenvalue weighted by Crippen LogP contribution is 2.65. The molecular formula is C25H41NO2. The quantitative estimate of drug-likeness (QED) is 0.607. The van der Waals surface area contributed by atoms with Crippen molar-refractivity contribution in [2.75, 3.05) is 26.2 Å². The molecule has 4 rings (SSSR count). The normalized spacial score (nSPS) is 42.6. The monoisotopic (exact) mass is 387 g/mol. The molecule has 3 saturated carbocycles. The first-order chi connectivity index (χ1) is 13.4. The van der Waals surface area contributed by atoms with Gasteiger partial charge in [-0.15, -0.1) is 0 Å². The molecule has 0 amide bonds. The van der Waals surface area contributed by atoms with Crippen LogP contribution < -0.4 is 0 Å². The Morgan fingerprint density at radius 3 is 2.61 bits per heavy atom.